The van der Waals surface area contributed by atoms with E-state index in [1.165, 1.54) is 0 Å². The Labute approximate surface area is 90.3 Å². The van der Waals surface area contributed by atoms with Gasteiger partial charge < -0.3 is 10.8 Å². The van der Waals surface area contributed by atoms with Crippen LogP contribution in [0.1, 0.15) is 25.5 Å². The Bertz CT molecular complexity index is 274. The zero-order chi connectivity index (χ0) is 11.1. The van der Waals surface area contributed by atoms with Crippen LogP contribution in [0.3, 0.4) is 0 Å². The lowest BCUT2D eigenvalue weighted by Gasteiger charge is -2.05. The van der Waals surface area contributed by atoms with Crippen molar-refractivity contribution in [3.63, 3.8) is 0 Å². The Morgan fingerprint density at radius 1 is 1.53 bits per heavy atom. The smallest absolute Gasteiger partial charge is 0.0827 e. The van der Waals surface area contributed by atoms with Gasteiger partial charge >= 0.3 is 0 Å². The number of nitrogens with zero attached hydrogens (tertiary/aromatic N) is 3. The van der Waals surface area contributed by atoms with E-state index in [0.29, 0.717) is 0 Å². The lowest BCUT2D eigenvalue weighted by molar-refractivity contribution is 0.218. The molecule has 1 atom stereocenters. The Kier molecular flexibility index (Phi) is 5.28. The summed E-state index contributed by atoms with van der Waals surface area (Å²) in [7, 11) is 0. The predicted octanol–water partition coefficient (Wildman–Crippen LogP) is 0.188. The van der Waals surface area contributed by atoms with Gasteiger partial charge in [-0.25, -0.2) is 0 Å². The van der Waals surface area contributed by atoms with E-state index in [0.717, 1.165) is 38.0 Å². The van der Waals surface area contributed by atoms with Crippen molar-refractivity contribution >= 4 is 0 Å². The first kappa shape index (κ1) is 12.1. The number of aryl methyl sites for hydroxylation is 1. The summed E-state index contributed by atoms with van der Waals surface area (Å²) in [6.07, 6.45) is 4.97. The van der Waals surface area contributed by atoms with Crippen LogP contribution in [0.4, 0.5) is 0 Å². The van der Waals surface area contributed by atoms with Gasteiger partial charge in [-0.3, -0.25) is 4.68 Å². The second-order valence-electron chi connectivity index (χ2n) is 3.97. The molecule has 1 rings (SSSR count). The van der Waals surface area contributed by atoms with E-state index in [1.54, 1.807) is 4.68 Å². The average Bonchev–Trinajstić information content (AvgIpc) is 2.66. The highest BCUT2D eigenvalue weighted by Crippen LogP contribution is 2.03. The van der Waals surface area contributed by atoms with Crippen LogP contribution in [0.25, 0.3) is 0 Å². The first-order valence-corrected chi connectivity index (χ1v) is 5.46. The molecule has 1 heterocycles. The SMILES string of the molecule is CC(CO)Cn1cc(CCCCN)nn1. The summed E-state index contributed by atoms with van der Waals surface area (Å²) >= 11 is 0. The van der Waals surface area contributed by atoms with Gasteiger partial charge in [0.2, 0.25) is 0 Å². The number of hydrogen-bond acceptors (Lipinski definition) is 4. The fourth-order valence-electron chi connectivity index (χ4n) is 1.37. The number of aromatic nitrogens is 3. The quantitative estimate of drug-likeness (QED) is 0.632. The van der Waals surface area contributed by atoms with Crippen LogP contribution in [0.15, 0.2) is 6.20 Å². The van der Waals surface area contributed by atoms with E-state index in [2.05, 4.69) is 10.3 Å². The summed E-state index contributed by atoms with van der Waals surface area (Å²) in [6, 6.07) is 0. The molecule has 0 aliphatic heterocycles. The van der Waals surface area contributed by atoms with Crippen molar-refractivity contribution in [3.05, 3.63) is 11.9 Å². The maximum atomic E-state index is 8.90. The standard InChI is InChI=1S/C10H20N4O/c1-9(8-15)6-14-7-10(12-13-14)4-2-3-5-11/h7,9,15H,2-6,8,11H2,1H3. The molecule has 0 aromatic carbocycles. The van der Waals surface area contributed by atoms with Crippen LogP contribution < -0.4 is 5.73 Å². The summed E-state index contributed by atoms with van der Waals surface area (Å²) in [6.45, 7) is 3.62. The van der Waals surface area contributed by atoms with Gasteiger partial charge in [0.05, 0.1) is 5.69 Å². The Morgan fingerprint density at radius 3 is 3.00 bits per heavy atom. The average molecular weight is 212 g/mol. The third-order valence-electron chi connectivity index (χ3n) is 2.28. The summed E-state index contributed by atoms with van der Waals surface area (Å²) in [4.78, 5) is 0. The molecule has 0 amide bonds. The number of unbranched alkanes of at least 4 members (excludes halogenated alkanes) is 1. The predicted molar refractivity (Wildman–Crippen MR) is 58.3 cm³/mol. The van der Waals surface area contributed by atoms with E-state index in [9.17, 15) is 0 Å². The van der Waals surface area contributed by atoms with E-state index in [4.69, 9.17) is 10.8 Å². The van der Waals surface area contributed by atoms with Gasteiger partial charge in [0, 0.05) is 19.3 Å². The third kappa shape index (κ3) is 4.40. The minimum absolute atomic E-state index is 0.183. The number of aliphatic hydroxyl groups excluding tert-OH is 1. The molecule has 0 saturated carbocycles. The van der Waals surface area contributed by atoms with Gasteiger partial charge in [0.1, 0.15) is 0 Å². The van der Waals surface area contributed by atoms with Crippen LogP contribution in [0, 0.1) is 5.92 Å². The highest BCUT2D eigenvalue weighted by atomic mass is 16.3. The summed E-state index contributed by atoms with van der Waals surface area (Å²) < 4.78 is 1.79. The molecule has 1 aromatic rings. The van der Waals surface area contributed by atoms with E-state index >= 15 is 0 Å². The molecule has 5 nitrogen and oxygen atoms in total. The Hall–Kier alpha value is -0.940. The third-order valence-corrected chi connectivity index (χ3v) is 2.28. The van der Waals surface area contributed by atoms with Gasteiger partial charge in [-0.05, 0) is 31.7 Å². The van der Waals surface area contributed by atoms with Gasteiger partial charge in [0.25, 0.3) is 0 Å². The van der Waals surface area contributed by atoms with Crippen LogP contribution in [0.5, 0.6) is 0 Å². The van der Waals surface area contributed by atoms with E-state index < -0.39 is 0 Å². The molecule has 86 valence electrons. The van der Waals surface area contributed by atoms with Gasteiger partial charge in [-0.15, -0.1) is 5.10 Å². The second kappa shape index (κ2) is 6.53. The van der Waals surface area contributed by atoms with E-state index in [1.807, 2.05) is 13.1 Å². The van der Waals surface area contributed by atoms with Crippen molar-refractivity contribution in [2.45, 2.75) is 32.7 Å². The molecule has 0 aliphatic rings. The van der Waals surface area contributed by atoms with Crippen LogP contribution in [0.2, 0.25) is 0 Å². The topological polar surface area (TPSA) is 77.0 Å². The van der Waals surface area contributed by atoms with Crippen molar-refractivity contribution in [3.8, 4) is 0 Å². The first-order chi connectivity index (χ1) is 7.26. The lowest BCUT2D eigenvalue weighted by atomic mass is 10.2. The van der Waals surface area contributed by atoms with Gasteiger partial charge in [-0.2, -0.15) is 0 Å². The molecular formula is C10H20N4O. The molecule has 0 fully saturated rings. The molecule has 0 saturated heterocycles. The molecule has 0 aliphatic carbocycles. The van der Waals surface area contributed by atoms with Gasteiger partial charge in [-0.1, -0.05) is 12.1 Å². The molecule has 0 radical (unpaired) electrons. The molecule has 3 N–H and O–H groups in total. The monoisotopic (exact) mass is 212 g/mol. The summed E-state index contributed by atoms with van der Waals surface area (Å²) in [5.74, 6) is 0.226. The molecule has 1 aromatic heterocycles. The minimum atomic E-state index is 0.183. The highest BCUT2D eigenvalue weighted by molar-refractivity contribution is 4.92. The Balaban J connectivity index is 2.35. The number of rotatable bonds is 7. The van der Waals surface area contributed by atoms with Crippen molar-refractivity contribution in [1.29, 1.82) is 0 Å². The molecular weight excluding hydrogens is 192 g/mol. The summed E-state index contributed by atoms with van der Waals surface area (Å²) in [5, 5.41) is 17.0. The largest absolute Gasteiger partial charge is 0.396 e. The first-order valence-electron chi connectivity index (χ1n) is 5.46. The maximum absolute atomic E-state index is 8.90. The molecule has 0 spiro atoms. The molecule has 15 heavy (non-hydrogen) atoms. The zero-order valence-electron chi connectivity index (χ0n) is 9.26. The molecule has 5 heteroatoms. The Morgan fingerprint density at radius 2 is 2.33 bits per heavy atom. The second-order valence-corrected chi connectivity index (χ2v) is 3.97. The van der Waals surface area contributed by atoms with Crippen LogP contribution >= 0.6 is 0 Å². The lowest BCUT2D eigenvalue weighted by Crippen LogP contribution is -2.11. The normalized spacial score (nSPS) is 13.0. The fraction of sp³-hybridized carbons (Fsp3) is 0.800. The minimum Gasteiger partial charge on any atom is -0.396 e. The molecule has 0 bridgehead atoms. The number of hydrogen-bond donors (Lipinski definition) is 2. The fourth-order valence-corrected chi connectivity index (χ4v) is 1.37. The van der Waals surface area contributed by atoms with Crippen molar-refractivity contribution < 1.29 is 5.11 Å². The van der Waals surface area contributed by atoms with Crippen molar-refractivity contribution in [1.82, 2.24) is 15.0 Å². The van der Waals surface area contributed by atoms with Crippen LogP contribution in [-0.4, -0.2) is 33.3 Å². The van der Waals surface area contributed by atoms with Crippen molar-refractivity contribution in [2.24, 2.45) is 11.7 Å². The molecule has 1 unspecified atom stereocenters. The number of aliphatic hydroxyl groups is 1. The van der Waals surface area contributed by atoms with Gasteiger partial charge in [0.15, 0.2) is 0 Å². The highest BCUT2D eigenvalue weighted by Gasteiger charge is 2.04. The maximum Gasteiger partial charge on any atom is 0.0827 e. The zero-order valence-corrected chi connectivity index (χ0v) is 9.26. The summed E-state index contributed by atoms with van der Waals surface area (Å²) in [5.41, 5.74) is 6.42. The van der Waals surface area contributed by atoms with Crippen LogP contribution in [-0.2, 0) is 13.0 Å². The number of nitrogens with two attached hydrogens (primary N) is 1. The van der Waals surface area contributed by atoms with E-state index in [-0.39, 0.29) is 12.5 Å². The van der Waals surface area contributed by atoms with Crippen molar-refractivity contribution in [2.75, 3.05) is 13.2 Å².